The first-order valence-corrected chi connectivity index (χ1v) is 13.4. The van der Waals surface area contributed by atoms with Gasteiger partial charge in [-0.1, -0.05) is 24.3 Å². The zero-order chi connectivity index (χ0) is 26.3. The molecule has 3 heterocycles. The third kappa shape index (κ3) is 4.61. The lowest BCUT2D eigenvalue weighted by atomic mass is 9.84. The van der Waals surface area contributed by atoms with Gasteiger partial charge in [-0.15, -0.1) is 5.53 Å². The summed E-state index contributed by atoms with van der Waals surface area (Å²) in [6.07, 6.45) is 2.72. The Hall–Kier alpha value is -3.67. The Labute approximate surface area is 215 Å². The molecule has 0 fully saturated rings. The normalized spacial score (nSPS) is 17.2. The van der Waals surface area contributed by atoms with Gasteiger partial charge in [0.1, 0.15) is 17.3 Å². The molecule has 194 valence electrons. The second kappa shape index (κ2) is 9.66. The fourth-order valence-electron chi connectivity index (χ4n) is 4.94. The number of aliphatic carboxylic acids is 1. The Balaban J connectivity index is 1.52. The highest BCUT2D eigenvalue weighted by Crippen LogP contribution is 2.40. The third-order valence-corrected chi connectivity index (χ3v) is 8.89. The summed E-state index contributed by atoms with van der Waals surface area (Å²) in [5.41, 5.74) is 12.5. The number of carboxylic acid groups (broad SMARTS) is 1. The second-order valence-corrected chi connectivity index (χ2v) is 11.2. The Bertz CT molecular complexity index is 1480. The lowest BCUT2D eigenvalue weighted by Crippen LogP contribution is -2.32. The molecule has 3 N–H and O–H groups in total. The predicted octanol–water partition coefficient (Wildman–Crippen LogP) is 3.17. The summed E-state index contributed by atoms with van der Waals surface area (Å²) in [6, 6.07) is 11.3. The molecule has 0 saturated heterocycles. The summed E-state index contributed by atoms with van der Waals surface area (Å²) in [6.45, 7) is 4.45. The molecule has 0 saturated carbocycles. The zero-order valence-electron chi connectivity index (χ0n) is 20.9. The number of aromatic nitrogens is 1. The largest absolute Gasteiger partial charge is 0.491 e. The van der Waals surface area contributed by atoms with E-state index in [2.05, 4.69) is 15.9 Å². The number of fused-ring (bicyclic) bond motifs is 2. The molecule has 11 heteroatoms. The summed E-state index contributed by atoms with van der Waals surface area (Å²) in [5, 5.41) is 11.6. The van der Waals surface area contributed by atoms with Gasteiger partial charge in [0.15, 0.2) is 0 Å². The average molecular weight is 524 g/mol. The molecule has 1 atom stereocenters. The van der Waals surface area contributed by atoms with Crippen LogP contribution in [-0.2, 0) is 21.4 Å². The van der Waals surface area contributed by atoms with Crippen molar-refractivity contribution >= 4 is 27.4 Å². The van der Waals surface area contributed by atoms with E-state index >= 15 is 0 Å². The molecule has 2 aliphatic heterocycles. The molecule has 0 aliphatic carbocycles. The molecule has 1 aromatic heterocycles. The molecule has 3 aromatic rings. The van der Waals surface area contributed by atoms with Crippen molar-refractivity contribution in [2.24, 2.45) is 0 Å². The number of carbonyl (C=O) groups is 1. The van der Waals surface area contributed by atoms with Crippen LogP contribution in [0.4, 0.5) is 11.4 Å². The van der Waals surface area contributed by atoms with E-state index in [0.29, 0.717) is 5.75 Å². The number of hydrogen-bond donors (Lipinski definition) is 3. The molecule has 2 aliphatic rings. The van der Waals surface area contributed by atoms with E-state index in [-0.39, 0.29) is 31.0 Å². The van der Waals surface area contributed by atoms with Crippen LogP contribution in [0.3, 0.4) is 0 Å². The Morgan fingerprint density at radius 1 is 1.22 bits per heavy atom. The summed E-state index contributed by atoms with van der Waals surface area (Å²) in [7, 11) is -1.93. The quantitative estimate of drug-likeness (QED) is 0.447. The molecular weight excluding hydrogens is 494 g/mol. The Morgan fingerprint density at radius 3 is 2.81 bits per heavy atom. The number of aryl methyl sites for hydroxylation is 1. The lowest BCUT2D eigenvalue weighted by Gasteiger charge is -2.24. The Kier molecular flexibility index (Phi) is 6.52. The van der Waals surface area contributed by atoms with E-state index in [0.717, 1.165) is 39.2 Å². The van der Waals surface area contributed by atoms with Gasteiger partial charge in [0.05, 0.1) is 24.0 Å². The number of hydrazine groups is 2. The van der Waals surface area contributed by atoms with E-state index in [1.165, 1.54) is 16.7 Å². The maximum Gasteiger partial charge on any atom is 0.304 e. The van der Waals surface area contributed by atoms with Crippen LogP contribution in [-0.4, -0.2) is 49.0 Å². The fraction of sp³-hybridized carbons (Fsp3) is 0.308. The number of hydrogen-bond acceptors (Lipinski definition) is 8. The van der Waals surface area contributed by atoms with Crippen molar-refractivity contribution in [1.29, 1.82) is 0 Å². The molecule has 2 aromatic carbocycles. The van der Waals surface area contributed by atoms with Gasteiger partial charge in [0, 0.05) is 32.3 Å². The van der Waals surface area contributed by atoms with Crippen LogP contribution in [0.5, 0.6) is 5.75 Å². The summed E-state index contributed by atoms with van der Waals surface area (Å²) in [5.74, 6) is -1.03. The first-order valence-electron chi connectivity index (χ1n) is 11.9. The molecule has 10 nitrogen and oxygen atoms in total. The van der Waals surface area contributed by atoms with Crippen molar-refractivity contribution in [3.8, 4) is 5.75 Å². The van der Waals surface area contributed by atoms with Gasteiger partial charge >= 0.3 is 5.97 Å². The van der Waals surface area contributed by atoms with Gasteiger partial charge < -0.3 is 15.3 Å². The minimum Gasteiger partial charge on any atom is -0.491 e. The Morgan fingerprint density at radius 2 is 2.03 bits per heavy atom. The highest BCUT2D eigenvalue weighted by Gasteiger charge is 2.32. The van der Waals surface area contributed by atoms with Gasteiger partial charge in [-0.3, -0.25) is 14.8 Å². The van der Waals surface area contributed by atoms with Gasteiger partial charge in [-0.25, -0.2) is 8.42 Å². The van der Waals surface area contributed by atoms with Gasteiger partial charge in [-0.05, 0) is 53.8 Å². The number of benzene rings is 2. The van der Waals surface area contributed by atoms with Crippen LogP contribution >= 0.6 is 0 Å². The van der Waals surface area contributed by atoms with Crippen LogP contribution in [0.1, 0.15) is 40.2 Å². The van der Waals surface area contributed by atoms with Crippen molar-refractivity contribution in [3.05, 3.63) is 76.6 Å². The standard InChI is InChI=1S/C26H29N5O5S/c1-16-4-5-18(21(13-25(32)33)20-6-7-22-26(17(20)2)28-29-30(22)3)12-19(16)15-31-10-11-36-23-8-9-27-14-24(23)37(31,34)35/h4-9,12,14,21,28-29H,10-11,13,15H2,1-3H3,(H,32,33). The van der Waals surface area contributed by atoms with Crippen molar-refractivity contribution in [2.75, 3.05) is 30.6 Å². The minimum atomic E-state index is -3.83. The highest BCUT2D eigenvalue weighted by molar-refractivity contribution is 7.89. The fourth-order valence-corrected chi connectivity index (χ4v) is 6.42. The first kappa shape index (κ1) is 25.0. The zero-order valence-corrected chi connectivity index (χ0v) is 21.7. The number of sulfonamides is 1. The first-order chi connectivity index (χ1) is 17.7. The maximum absolute atomic E-state index is 13.4. The molecule has 37 heavy (non-hydrogen) atoms. The smallest absolute Gasteiger partial charge is 0.304 e. The maximum atomic E-state index is 13.4. The number of anilines is 2. The third-order valence-electron chi connectivity index (χ3n) is 7.03. The topological polar surface area (TPSA) is 124 Å². The number of pyridine rings is 1. The predicted molar refractivity (Wildman–Crippen MR) is 139 cm³/mol. The van der Waals surface area contributed by atoms with E-state index in [1.54, 1.807) is 6.07 Å². The summed E-state index contributed by atoms with van der Waals surface area (Å²) >= 11 is 0. The summed E-state index contributed by atoms with van der Waals surface area (Å²) in [4.78, 5) is 15.9. The molecule has 0 spiro atoms. The molecule has 1 unspecified atom stereocenters. The second-order valence-electron chi connectivity index (χ2n) is 9.32. The molecule has 0 radical (unpaired) electrons. The number of ether oxygens (including phenoxy) is 1. The number of rotatable bonds is 6. The van der Waals surface area contributed by atoms with Gasteiger partial charge in [-0.2, -0.15) is 4.31 Å². The van der Waals surface area contributed by atoms with Crippen LogP contribution in [0, 0.1) is 13.8 Å². The minimum absolute atomic E-state index is 0.0462. The van der Waals surface area contributed by atoms with Crippen molar-refractivity contribution < 1.29 is 23.1 Å². The molecular formula is C26H29N5O5S. The van der Waals surface area contributed by atoms with Crippen molar-refractivity contribution in [3.63, 3.8) is 0 Å². The monoisotopic (exact) mass is 523 g/mol. The molecule has 0 amide bonds. The molecule has 5 rings (SSSR count). The van der Waals surface area contributed by atoms with E-state index in [9.17, 15) is 18.3 Å². The lowest BCUT2D eigenvalue weighted by molar-refractivity contribution is -0.137. The summed E-state index contributed by atoms with van der Waals surface area (Å²) < 4.78 is 33.9. The number of carboxylic acids is 1. The number of nitrogens with one attached hydrogen (secondary N) is 2. The van der Waals surface area contributed by atoms with Crippen LogP contribution < -0.4 is 20.7 Å². The van der Waals surface area contributed by atoms with Crippen LogP contribution in [0.15, 0.2) is 53.7 Å². The van der Waals surface area contributed by atoms with E-state index in [1.807, 2.05) is 56.2 Å². The van der Waals surface area contributed by atoms with Gasteiger partial charge in [0.2, 0.25) is 10.0 Å². The van der Waals surface area contributed by atoms with Crippen LogP contribution in [0.2, 0.25) is 0 Å². The number of nitrogens with zero attached hydrogens (tertiary/aromatic N) is 3. The highest BCUT2D eigenvalue weighted by atomic mass is 32.2. The van der Waals surface area contributed by atoms with E-state index < -0.39 is 21.9 Å². The SMILES string of the molecule is Cc1ccc(C(CC(=O)O)c2ccc3c(c2C)NNN3C)cc1CN1CCOc2ccncc2S1(=O)=O. The molecule has 0 bridgehead atoms. The van der Waals surface area contributed by atoms with E-state index in [4.69, 9.17) is 4.74 Å². The van der Waals surface area contributed by atoms with Crippen molar-refractivity contribution in [2.45, 2.75) is 37.6 Å². The average Bonchev–Trinajstić information content (AvgIpc) is 3.19. The van der Waals surface area contributed by atoms with Crippen molar-refractivity contribution in [1.82, 2.24) is 14.8 Å². The van der Waals surface area contributed by atoms with Crippen LogP contribution in [0.25, 0.3) is 0 Å². The van der Waals surface area contributed by atoms with Gasteiger partial charge in [0.25, 0.3) is 0 Å².